The highest BCUT2D eigenvalue weighted by Crippen LogP contribution is 2.22. The molecule has 1 aromatic carbocycles. The van der Waals surface area contributed by atoms with E-state index in [1.807, 2.05) is 12.1 Å². The lowest BCUT2D eigenvalue weighted by Gasteiger charge is -2.02. The molecule has 0 amide bonds. The smallest absolute Gasteiger partial charge is 0.124 e. The number of halogens is 1. The fourth-order valence-electron chi connectivity index (χ4n) is 1.24. The van der Waals surface area contributed by atoms with Gasteiger partial charge in [0.2, 0.25) is 0 Å². The molecule has 1 aromatic heterocycles. The number of nitrogen functional groups attached to an aromatic ring is 1. The number of hydrogen-bond acceptors (Lipinski definition) is 3. The summed E-state index contributed by atoms with van der Waals surface area (Å²) in [4.78, 5) is 4.91. The standard InChI is InChI=1S/C12H11FN2S/c13-10-2-1-3-11(6-10)16-8-9-4-5-12(14)15-7-9/h1-7H,8H2,(H2,14,15). The number of nitrogens with two attached hydrogens (primary N) is 1. The molecule has 2 aromatic rings. The lowest BCUT2D eigenvalue weighted by Crippen LogP contribution is -1.90. The van der Waals surface area contributed by atoms with Gasteiger partial charge in [-0.15, -0.1) is 11.8 Å². The van der Waals surface area contributed by atoms with Gasteiger partial charge in [0.1, 0.15) is 11.6 Å². The molecule has 0 aliphatic rings. The second kappa shape index (κ2) is 4.99. The predicted molar refractivity (Wildman–Crippen MR) is 64.6 cm³/mol. The lowest BCUT2D eigenvalue weighted by molar-refractivity contribution is 0.624. The quantitative estimate of drug-likeness (QED) is 0.829. The second-order valence-corrected chi connectivity index (χ2v) is 4.39. The zero-order chi connectivity index (χ0) is 11.4. The molecule has 0 atom stereocenters. The molecule has 82 valence electrons. The molecule has 1 heterocycles. The highest BCUT2D eigenvalue weighted by molar-refractivity contribution is 7.98. The van der Waals surface area contributed by atoms with E-state index in [0.717, 1.165) is 16.2 Å². The molecule has 0 saturated heterocycles. The van der Waals surface area contributed by atoms with Crippen molar-refractivity contribution in [2.45, 2.75) is 10.6 Å². The molecule has 0 fully saturated rings. The number of pyridine rings is 1. The number of aromatic nitrogens is 1. The summed E-state index contributed by atoms with van der Waals surface area (Å²) in [5.74, 6) is 1.07. The molecule has 0 saturated carbocycles. The van der Waals surface area contributed by atoms with Crippen LogP contribution in [0.2, 0.25) is 0 Å². The highest BCUT2D eigenvalue weighted by Gasteiger charge is 1.98. The fraction of sp³-hybridized carbons (Fsp3) is 0.0833. The van der Waals surface area contributed by atoms with Gasteiger partial charge in [0.25, 0.3) is 0 Å². The minimum atomic E-state index is -0.208. The Morgan fingerprint density at radius 2 is 2.12 bits per heavy atom. The first-order valence-electron chi connectivity index (χ1n) is 4.83. The number of rotatable bonds is 3. The maximum absolute atomic E-state index is 12.9. The third-order valence-electron chi connectivity index (χ3n) is 2.05. The van der Waals surface area contributed by atoms with Crippen LogP contribution < -0.4 is 5.73 Å². The van der Waals surface area contributed by atoms with Crippen molar-refractivity contribution in [3.05, 3.63) is 54.0 Å². The van der Waals surface area contributed by atoms with Crippen molar-refractivity contribution >= 4 is 17.6 Å². The average molecular weight is 234 g/mol. The van der Waals surface area contributed by atoms with Crippen molar-refractivity contribution in [3.63, 3.8) is 0 Å². The molecule has 0 radical (unpaired) electrons. The Bertz CT molecular complexity index is 471. The van der Waals surface area contributed by atoms with Gasteiger partial charge in [-0.25, -0.2) is 9.37 Å². The van der Waals surface area contributed by atoms with Gasteiger partial charge in [-0.1, -0.05) is 12.1 Å². The second-order valence-electron chi connectivity index (χ2n) is 3.34. The predicted octanol–water partition coefficient (Wildman–Crippen LogP) is 3.10. The van der Waals surface area contributed by atoms with Gasteiger partial charge in [-0.3, -0.25) is 0 Å². The molecule has 0 aliphatic heterocycles. The summed E-state index contributed by atoms with van der Waals surface area (Å²) in [6, 6.07) is 10.2. The van der Waals surface area contributed by atoms with Crippen molar-refractivity contribution in [3.8, 4) is 0 Å². The van der Waals surface area contributed by atoms with Gasteiger partial charge in [-0.2, -0.15) is 0 Å². The van der Waals surface area contributed by atoms with Crippen LogP contribution in [-0.2, 0) is 5.75 Å². The van der Waals surface area contributed by atoms with E-state index in [4.69, 9.17) is 5.73 Å². The number of thioether (sulfide) groups is 1. The summed E-state index contributed by atoms with van der Waals surface area (Å²) in [6.45, 7) is 0. The van der Waals surface area contributed by atoms with Gasteiger partial charge in [0.05, 0.1) is 0 Å². The highest BCUT2D eigenvalue weighted by atomic mass is 32.2. The number of nitrogens with zero attached hydrogens (tertiary/aromatic N) is 1. The molecule has 0 spiro atoms. The molecule has 2 N–H and O–H groups in total. The van der Waals surface area contributed by atoms with Crippen molar-refractivity contribution in [2.75, 3.05) is 5.73 Å². The topological polar surface area (TPSA) is 38.9 Å². The average Bonchev–Trinajstić information content (AvgIpc) is 2.28. The number of benzene rings is 1. The zero-order valence-corrected chi connectivity index (χ0v) is 9.38. The largest absolute Gasteiger partial charge is 0.384 e. The molecule has 2 nitrogen and oxygen atoms in total. The van der Waals surface area contributed by atoms with Crippen LogP contribution in [0.4, 0.5) is 10.2 Å². The van der Waals surface area contributed by atoms with Crippen molar-refractivity contribution < 1.29 is 4.39 Å². The summed E-state index contributed by atoms with van der Waals surface area (Å²) >= 11 is 1.57. The van der Waals surface area contributed by atoms with E-state index in [0.29, 0.717) is 5.82 Å². The van der Waals surface area contributed by atoms with E-state index < -0.39 is 0 Å². The van der Waals surface area contributed by atoms with E-state index in [-0.39, 0.29) is 5.82 Å². The fourth-order valence-corrected chi connectivity index (χ4v) is 2.12. The molecular weight excluding hydrogens is 223 g/mol. The van der Waals surface area contributed by atoms with E-state index >= 15 is 0 Å². The molecule has 16 heavy (non-hydrogen) atoms. The van der Waals surface area contributed by atoms with Crippen molar-refractivity contribution in [1.82, 2.24) is 4.98 Å². The summed E-state index contributed by atoms with van der Waals surface area (Å²) in [7, 11) is 0. The Morgan fingerprint density at radius 3 is 2.81 bits per heavy atom. The van der Waals surface area contributed by atoms with E-state index in [9.17, 15) is 4.39 Å². The SMILES string of the molecule is Nc1ccc(CSc2cccc(F)c2)cn1. The van der Waals surface area contributed by atoms with Crippen LogP contribution in [0.5, 0.6) is 0 Å². The van der Waals surface area contributed by atoms with Crippen molar-refractivity contribution in [1.29, 1.82) is 0 Å². The monoisotopic (exact) mass is 234 g/mol. The first-order valence-corrected chi connectivity index (χ1v) is 5.81. The minimum Gasteiger partial charge on any atom is -0.384 e. The Balaban J connectivity index is 1.99. The summed E-state index contributed by atoms with van der Waals surface area (Å²) in [5, 5.41) is 0. The molecule has 4 heteroatoms. The van der Waals surface area contributed by atoms with Crippen molar-refractivity contribution in [2.24, 2.45) is 0 Å². The maximum atomic E-state index is 12.9. The van der Waals surface area contributed by atoms with Crippen LogP contribution in [0.15, 0.2) is 47.5 Å². The van der Waals surface area contributed by atoms with Crippen LogP contribution in [-0.4, -0.2) is 4.98 Å². The van der Waals surface area contributed by atoms with E-state index in [1.54, 1.807) is 30.1 Å². The van der Waals surface area contributed by atoms with Crippen LogP contribution in [0.1, 0.15) is 5.56 Å². The first-order chi connectivity index (χ1) is 7.74. The van der Waals surface area contributed by atoms with E-state index in [1.165, 1.54) is 12.1 Å². The minimum absolute atomic E-state index is 0.208. The Kier molecular flexibility index (Phi) is 3.41. The van der Waals surface area contributed by atoms with E-state index in [2.05, 4.69) is 4.98 Å². The Morgan fingerprint density at radius 1 is 1.25 bits per heavy atom. The normalized spacial score (nSPS) is 10.3. The number of hydrogen-bond donors (Lipinski definition) is 1. The van der Waals surface area contributed by atoms with Crippen LogP contribution in [0, 0.1) is 5.82 Å². The molecule has 0 aliphatic carbocycles. The Labute approximate surface area is 97.7 Å². The van der Waals surface area contributed by atoms with Crippen LogP contribution >= 0.6 is 11.8 Å². The first kappa shape index (κ1) is 11.0. The van der Waals surface area contributed by atoms with Gasteiger partial charge in [-0.05, 0) is 29.8 Å². The summed E-state index contributed by atoms with van der Waals surface area (Å²) in [6.07, 6.45) is 1.74. The van der Waals surface area contributed by atoms with Gasteiger partial charge < -0.3 is 5.73 Å². The third-order valence-corrected chi connectivity index (χ3v) is 3.11. The molecule has 0 unspecified atom stereocenters. The van der Waals surface area contributed by atoms with Crippen LogP contribution in [0.3, 0.4) is 0 Å². The third kappa shape index (κ3) is 2.97. The molecule has 2 rings (SSSR count). The Hall–Kier alpha value is -1.55. The van der Waals surface area contributed by atoms with Crippen LogP contribution in [0.25, 0.3) is 0 Å². The summed E-state index contributed by atoms with van der Waals surface area (Å²) in [5.41, 5.74) is 6.56. The summed E-state index contributed by atoms with van der Waals surface area (Å²) < 4.78 is 12.9. The molecular formula is C12H11FN2S. The lowest BCUT2D eigenvalue weighted by atomic mass is 10.3. The van der Waals surface area contributed by atoms with Gasteiger partial charge in [0.15, 0.2) is 0 Å². The molecule has 0 bridgehead atoms. The van der Waals surface area contributed by atoms with Gasteiger partial charge >= 0.3 is 0 Å². The maximum Gasteiger partial charge on any atom is 0.124 e. The zero-order valence-electron chi connectivity index (χ0n) is 8.56. The number of anilines is 1. The van der Waals surface area contributed by atoms with Gasteiger partial charge in [0, 0.05) is 16.8 Å².